The number of carbonyl (C=O) groups excluding carboxylic acids is 1. The van der Waals surface area contributed by atoms with Crippen LogP contribution in [0, 0.1) is 32.1 Å². The number of aromatic nitrogens is 1. The molecule has 2 aliphatic heterocycles. The molecule has 0 aliphatic carbocycles. The van der Waals surface area contributed by atoms with Crippen LogP contribution >= 0.6 is 0 Å². The molecule has 2 atom stereocenters. The van der Waals surface area contributed by atoms with Crippen molar-refractivity contribution in [3.8, 4) is 6.07 Å². The molecule has 2 N–H and O–H groups in total. The van der Waals surface area contributed by atoms with E-state index in [0.717, 1.165) is 35.6 Å². The molecule has 168 valence electrons. The molecule has 1 aromatic heterocycles. The number of likely N-dealkylation sites (N-methyl/N-ethyl adjacent to an activating group) is 1. The van der Waals surface area contributed by atoms with Gasteiger partial charge in [0, 0.05) is 49.6 Å². The van der Waals surface area contributed by atoms with Crippen LogP contribution in [-0.4, -0.2) is 55.2 Å². The van der Waals surface area contributed by atoms with Crippen molar-refractivity contribution in [3.63, 3.8) is 0 Å². The molecule has 0 saturated carbocycles. The van der Waals surface area contributed by atoms with Crippen LogP contribution in [0.5, 0.6) is 0 Å². The molecule has 0 spiro atoms. The molecule has 2 fully saturated rings. The molecule has 2 aromatic rings. The summed E-state index contributed by atoms with van der Waals surface area (Å²) in [6, 6.07) is 12.5. The van der Waals surface area contributed by atoms with E-state index in [1.54, 1.807) is 0 Å². The van der Waals surface area contributed by atoms with Crippen molar-refractivity contribution in [1.82, 2.24) is 15.6 Å². The smallest absolute Gasteiger partial charge is 0.249 e. The monoisotopic (exact) mass is 432 g/mol. The lowest BCUT2D eigenvalue weighted by atomic mass is 10.1. The minimum Gasteiger partial charge on any atom is -0.342 e. The van der Waals surface area contributed by atoms with Gasteiger partial charge in [0.05, 0.1) is 5.56 Å². The molecule has 0 bridgehead atoms. The van der Waals surface area contributed by atoms with Gasteiger partial charge in [-0.2, -0.15) is 5.26 Å². The third-order valence-electron chi connectivity index (χ3n) is 6.44. The zero-order chi connectivity index (χ0) is 22.8. The summed E-state index contributed by atoms with van der Waals surface area (Å²) in [5.41, 5.74) is 4.33. The molecule has 1 amide bonds. The van der Waals surface area contributed by atoms with E-state index in [4.69, 9.17) is 4.98 Å². The average molecular weight is 433 g/mol. The molecule has 7 heteroatoms. The number of aryl methyl sites for hydroxylation is 3. The van der Waals surface area contributed by atoms with E-state index in [9.17, 15) is 10.1 Å². The summed E-state index contributed by atoms with van der Waals surface area (Å²) in [7, 11) is 0. The van der Waals surface area contributed by atoms with Crippen molar-refractivity contribution in [2.24, 2.45) is 0 Å². The number of hydrogen-bond donors (Lipinski definition) is 2. The number of nitrogens with one attached hydrogen (secondary N) is 2. The van der Waals surface area contributed by atoms with Crippen molar-refractivity contribution in [2.45, 2.75) is 52.2 Å². The van der Waals surface area contributed by atoms with E-state index in [-0.39, 0.29) is 18.0 Å². The summed E-state index contributed by atoms with van der Waals surface area (Å²) in [6.07, 6.45) is 0.692. The molecule has 2 aliphatic rings. The fraction of sp³-hybridized carbons (Fsp3) is 0.480. The standard InChI is InChI=1S/C25H32N6O/c1-5-30(21-8-6-7-16(2)9-21)25(32)23-11-19(29-20-13-27-14-20)15-31(23)24-22(12-26)17(3)10-18(4)28-24/h6-10,19-20,23,27,29H,5,11,13-15H2,1-4H3/t19-,23-/m0/s1. The number of nitrogens with zero attached hydrogens (tertiary/aromatic N) is 4. The summed E-state index contributed by atoms with van der Waals surface area (Å²) in [5, 5.41) is 16.8. The Hall–Kier alpha value is -2.95. The molecule has 4 rings (SSSR count). The minimum atomic E-state index is -0.373. The molecule has 32 heavy (non-hydrogen) atoms. The second-order valence-corrected chi connectivity index (χ2v) is 8.94. The quantitative estimate of drug-likeness (QED) is 0.730. The number of pyridine rings is 1. The van der Waals surface area contributed by atoms with Crippen molar-refractivity contribution in [3.05, 3.63) is 52.7 Å². The third-order valence-corrected chi connectivity index (χ3v) is 6.44. The zero-order valence-corrected chi connectivity index (χ0v) is 19.4. The summed E-state index contributed by atoms with van der Waals surface area (Å²) in [4.78, 5) is 22.5. The third kappa shape index (κ3) is 4.34. The van der Waals surface area contributed by atoms with E-state index in [1.165, 1.54) is 0 Å². The normalized spacial score (nSPS) is 20.7. The predicted molar refractivity (Wildman–Crippen MR) is 127 cm³/mol. The first kappa shape index (κ1) is 22.3. The molecule has 7 nitrogen and oxygen atoms in total. The lowest BCUT2D eigenvalue weighted by Gasteiger charge is -2.31. The second kappa shape index (κ2) is 9.27. The molecule has 2 saturated heterocycles. The first-order valence-corrected chi connectivity index (χ1v) is 11.4. The van der Waals surface area contributed by atoms with Gasteiger partial charge in [-0.05, 0) is 63.4 Å². The van der Waals surface area contributed by atoms with Gasteiger partial charge in [0.15, 0.2) is 0 Å². The number of anilines is 2. The Kier molecular flexibility index (Phi) is 6.45. The summed E-state index contributed by atoms with van der Waals surface area (Å²) >= 11 is 0. The Bertz CT molecular complexity index is 1040. The number of benzene rings is 1. The second-order valence-electron chi connectivity index (χ2n) is 8.94. The summed E-state index contributed by atoms with van der Waals surface area (Å²) in [6.45, 7) is 11.1. The van der Waals surface area contributed by atoms with E-state index < -0.39 is 0 Å². The van der Waals surface area contributed by atoms with Crippen LogP contribution in [0.3, 0.4) is 0 Å². The van der Waals surface area contributed by atoms with Gasteiger partial charge in [-0.25, -0.2) is 4.98 Å². The van der Waals surface area contributed by atoms with Crippen LogP contribution in [0.2, 0.25) is 0 Å². The molecular weight excluding hydrogens is 400 g/mol. The Morgan fingerprint density at radius 3 is 2.69 bits per heavy atom. The number of carbonyl (C=O) groups is 1. The molecular formula is C25H32N6O. The molecule has 1 aromatic carbocycles. The number of rotatable bonds is 6. The Morgan fingerprint density at radius 1 is 1.28 bits per heavy atom. The van der Waals surface area contributed by atoms with Crippen LogP contribution in [0.4, 0.5) is 11.5 Å². The molecule has 0 radical (unpaired) electrons. The number of amides is 1. The fourth-order valence-corrected chi connectivity index (χ4v) is 4.77. The van der Waals surface area contributed by atoms with Crippen LogP contribution < -0.4 is 20.4 Å². The van der Waals surface area contributed by atoms with E-state index >= 15 is 0 Å². The Balaban J connectivity index is 1.70. The first-order chi connectivity index (χ1) is 15.4. The Labute approximate surface area is 190 Å². The van der Waals surface area contributed by atoms with Gasteiger partial charge in [0.1, 0.15) is 17.9 Å². The van der Waals surface area contributed by atoms with Crippen molar-refractivity contribution in [2.75, 3.05) is 36.0 Å². The number of nitriles is 1. The predicted octanol–water partition coefficient (Wildman–Crippen LogP) is 2.44. The van der Waals surface area contributed by atoms with Gasteiger partial charge >= 0.3 is 0 Å². The maximum atomic E-state index is 13.9. The van der Waals surface area contributed by atoms with E-state index in [0.29, 0.717) is 36.9 Å². The van der Waals surface area contributed by atoms with Gasteiger partial charge in [-0.15, -0.1) is 0 Å². The fourth-order valence-electron chi connectivity index (χ4n) is 4.77. The maximum Gasteiger partial charge on any atom is 0.249 e. The van der Waals surface area contributed by atoms with Gasteiger partial charge in [-0.1, -0.05) is 12.1 Å². The van der Waals surface area contributed by atoms with Gasteiger partial charge < -0.3 is 20.4 Å². The highest BCUT2D eigenvalue weighted by Gasteiger charge is 2.41. The lowest BCUT2D eigenvalue weighted by Crippen LogP contribution is -2.58. The molecule has 3 heterocycles. The largest absolute Gasteiger partial charge is 0.342 e. The first-order valence-electron chi connectivity index (χ1n) is 11.4. The van der Waals surface area contributed by atoms with Crippen LogP contribution in [0.1, 0.15) is 35.7 Å². The zero-order valence-electron chi connectivity index (χ0n) is 19.4. The van der Waals surface area contributed by atoms with Crippen molar-refractivity contribution in [1.29, 1.82) is 5.26 Å². The summed E-state index contributed by atoms with van der Waals surface area (Å²) < 4.78 is 0. The minimum absolute atomic E-state index is 0.0546. The summed E-state index contributed by atoms with van der Waals surface area (Å²) in [5.74, 6) is 0.679. The SMILES string of the molecule is CCN(C(=O)[C@@H]1C[C@H](NC2CNC2)CN1c1nc(C)cc(C)c1C#N)c1cccc(C)c1. The lowest BCUT2D eigenvalue weighted by molar-refractivity contribution is -0.119. The highest BCUT2D eigenvalue weighted by molar-refractivity contribution is 5.99. The van der Waals surface area contributed by atoms with Gasteiger partial charge in [-0.3, -0.25) is 4.79 Å². The average Bonchev–Trinajstić information content (AvgIpc) is 3.15. The van der Waals surface area contributed by atoms with Gasteiger partial charge in [0.2, 0.25) is 5.91 Å². The molecule has 0 unspecified atom stereocenters. The van der Waals surface area contributed by atoms with Gasteiger partial charge in [0.25, 0.3) is 0 Å². The van der Waals surface area contributed by atoms with Crippen LogP contribution in [-0.2, 0) is 4.79 Å². The highest BCUT2D eigenvalue weighted by atomic mass is 16.2. The van der Waals surface area contributed by atoms with E-state index in [2.05, 4.69) is 21.6 Å². The number of hydrogen-bond acceptors (Lipinski definition) is 6. The Morgan fingerprint density at radius 2 is 2.06 bits per heavy atom. The highest BCUT2D eigenvalue weighted by Crippen LogP contribution is 2.31. The maximum absolute atomic E-state index is 13.9. The topological polar surface area (TPSA) is 84.3 Å². The van der Waals surface area contributed by atoms with Crippen molar-refractivity contribution < 1.29 is 4.79 Å². The van der Waals surface area contributed by atoms with Crippen molar-refractivity contribution >= 4 is 17.4 Å². The van der Waals surface area contributed by atoms with E-state index in [1.807, 2.05) is 62.9 Å². The van der Waals surface area contributed by atoms with Crippen LogP contribution in [0.25, 0.3) is 0 Å². The van der Waals surface area contributed by atoms with Crippen LogP contribution in [0.15, 0.2) is 30.3 Å².